The molecule has 0 spiro atoms. The van der Waals surface area contributed by atoms with Gasteiger partial charge in [0.15, 0.2) is 17.4 Å². The number of imidazole rings is 2. The van der Waals surface area contributed by atoms with Gasteiger partial charge in [0.25, 0.3) is 22.0 Å². The molecule has 6 atom stereocenters. The zero-order chi connectivity index (χ0) is 47.4. The smallest absolute Gasteiger partial charge is 0.408 e. The summed E-state index contributed by atoms with van der Waals surface area (Å²) in [6.07, 6.45) is 2.05. The molecule has 18 nitrogen and oxygen atoms in total. The molecule has 4 aromatic rings. The van der Waals surface area contributed by atoms with E-state index in [9.17, 15) is 19.2 Å². The number of aromatic nitrogens is 4. The lowest BCUT2D eigenvalue weighted by Crippen LogP contribution is -2.65. The van der Waals surface area contributed by atoms with Crippen LogP contribution in [0.2, 0.25) is 0 Å². The Morgan fingerprint density at radius 1 is 0.708 bits per heavy atom. The Labute approximate surface area is 387 Å². The van der Waals surface area contributed by atoms with Gasteiger partial charge in [0.1, 0.15) is 37.5 Å². The molecule has 65 heavy (non-hydrogen) atoms. The van der Waals surface area contributed by atoms with Crippen LogP contribution in [-0.2, 0) is 55.8 Å². The Hall–Kier alpha value is -5.54. The lowest BCUT2D eigenvalue weighted by atomic mass is 9.95. The summed E-state index contributed by atoms with van der Waals surface area (Å²) < 4.78 is 27.1. The van der Waals surface area contributed by atoms with Crippen LogP contribution < -0.4 is 16.4 Å². The number of imide groups is 1. The van der Waals surface area contributed by atoms with Crippen LogP contribution in [0.25, 0.3) is 0 Å². The van der Waals surface area contributed by atoms with Gasteiger partial charge in [0, 0.05) is 56.4 Å². The average Bonchev–Trinajstić information content (AvgIpc) is 4.00. The number of nitrogens with one attached hydrogen (secondary N) is 2. The van der Waals surface area contributed by atoms with Gasteiger partial charge in [-0.2, -0.15) is 0 Å². The third kappa shape index (κ3) is 13.7. The van der Waals surface area contributed by atoms with E-state index >= 15 is 9.59 Å². The average molecular weight is 935 g/mol. The molecule has 2 aromatic carbocycles. The Balaban J connectivity index is 1.56. The first-order valence-electron chi connectivity index (χ1n) is 21.1. The number of benzene rings is 2. The Kier molecular flexibility index (Phi) is 17.9. The summed E-state index contributed by atoms with van der Waals surface area (Å²) in [5, 5.41) is 4.49. The van der Waals surface area contributed by atoms with Crippen molar-refractivity contribution in [1.82, 2.24) is 34.6 Å². The number of hydrogen-bond acceptors (Lipinski definition) is 15. The number of hydrogen-bond donors (Lipinski definition) is 3. The van der Waals surface area contributed by atoms with E-state index in [0.29, 0.717) is 11.1 Å². The minimum absolute atomic E-state index is 0.00706. The number of nitrogens with zero attached hydrogens (tertiary/aromatic N) is 5. The van der Waals surface area contributed by atoms with Crippen molar-refractivity contribution in [2.75, 3.05) is 11.5 Å². The quantitative estimate of drug-likeness (QED) is 0.112. The van der Waals surface area contributed by atoms with Crippen molar-refractivity contribution in [2.45, 2.75) is 96.9 Å². The Bertz CT molecular complexity index is 2170. The summed E-state index contributed by atoms with van der Waals surface area (Å²) in [6.45, 7) is 9.81. The second kappa shape index (κ2) is 23.1. The summed E-state index contributed by atoms with van der Waals surface area (Å²) in [5.41, 5.74) is 8.26. The molecule has 2 aromatic heterocycles. The van der Waals surface area contributed by atoms with Crippen molar-refractivity contribution >= 4 is 57.8 Å². The second-order valence-electron chi connectivity index (χ2n) is 16.6. The molecule has 1 fully saturated rings. The van der Waals surface area contributed by atoms with Crippen LogP contribution in [0.4, 0.5) is 9.59 Å². The number of ether oxygens (including phenoxy) is 4. The first-order chi connectivity index (χ1) is 30.9. The second-order valence-corrected chi connectivity index (χ2v) is 18.6. The lowest BCUT2D eigenvalue weighted by molar-refractivity contribution is -0.164. The molecule has 20 heteroatoms. The SMILES string of the molecule is CC(C)[C@H](NC(=O)OCc1ccccc1)C(=O)N(C(=O)[C@@H](NC(=O)OCc1ccccc1)C(C)C)[C@@H](CSC(=O)c1nccn1C)[C@H]1OC(C)(C)O[C@@H]1[C@@H](N)CSC(=O)c1nccn1C. The fourth-order valence-corrected chi connectivity index (χ4v) is 8.84. The molecule has 0 unspecified atom stereocenters. The van der Waals surface area contributed by atoms with E-state index in [4.69, 9.17) is 24.7 Å². The van der Waals surface area contributed by atoms with E-state index in [1.165, 1.54) is 17.0 Å². The lowest BCUT2D eigenvalue weighted by Gasteiger charge is -2.40. The minimum Gasteiger partial charge on any atom is -0.445 e. The summed E-state index contributed by atoms with van der Waals surface area (Å²) in [5.74, 6) is -4.34. The number of amides is 4. The van der Waals surface area contributed by atoms with Crippen molar-refractivity contribution in [3.05, 3.63) is 108 Å². The van der Waals surface area contributed by atoms with Gasteiger partial charge in [0.05, 0.1) is 6.04 Å². The molecule has 3 heterocycles. The predicted molar refractivity (Wildman–Crippen MR) is 244 cm³/mol. The van der Waals surface area contributed by atoms with Crippen molar-refractivity contribution in [1.29, 1.82) is 0 Å². The Morgan fingerprint density at radius 3 is 1.52 bits per heavy atom. The van der Waals surface area contributed by atoms with Crippen LogP contribution in [0, 0.1) is 11.8 Å². The maximum Gasteiger partial charge on any atom is 0.408 e. The van der Waals surface area contributed by atoms with Crippen molar-refractivity contribution in [2.24, 2.45) is 31.7 Å². The molecule has 4 amide bonds. The number of thioether (sulfide) groups is 2. The van der Waals surface area contributed by atoms with E-state index in [1.807, 2.05) is 12.1 Å². The molecule has 1 saturated heterocycles. The normalized spacial score (nSPS) is 17.5. The summed E-state index contributed by atoms with van der Waals surface area (Å²) in [6, 6.07) is 12.8. The zero-order valence-electron chi connectivity index (χ0n) is 37.7. The molecular formula is C45H58N8O10S2. The van der Waals surface area contributed by atoms with Crippen molar-refractivity contribution in [3.63, 3.8) is 0 Å². The van der Waals surface area contributed by atoms with E-state index in [-0.39, 0.29) is 41.5 Å². The van der Waals surface area contributed by atoms with E-state index in [2.05, 4.69) is 20.6 Å². The van der Waals surface area contributed by atoms with Gasteiger partial charge < -0.3 is 44.4 Å². The number of nitrogens with two attached hydrogens (primary N) is 1. The van der Waals surface area contributed by atoms with Gasteiger partial charge >= 0.3 is 12.2 Å². The first-order valence-corrected chi connectivity index (χ1v) is 23.0. The van der Waals surface area contributed by atoms with Crippen LogP contribution in [0.15, 0.2) is 85.5 Å². The molecule has 0 saturated carbocycles. The van der Waals surface area contributed by atoms with Gasteiger partial charge in [-0.05, 0) is 36.8 Å². The van der Waals surface area contributed by atoms with Crippen LogP contribution in [0.5, 0.6) is 0 Å². The minimum atomic E-state index is -1.38. The third-order valence-electron chi connectivity index (χ3n) is 10.4. The van der Waals surface area contributed by atoms with Crippen molar-refractivity contribution in [3.8, 4) is 0 Å². The maximum absolute atomic E-state index is 15.4. The maximum atomic E-state index is 15.4. The molecule has 0 bridgehead atoms. The predicted octanol–water partition coefficient (Wildman–Crippen LogP) is 5.07. The van der Waals surface area contributed by atoms with Gasteiger partial charge in [0.2, 0.25) is 0 Å². The van der Waals surface area contributed by atoms with Crippen LogP contribution in [0.3, 0.4) is 0 Å². The molecule has 0 aliphatic carbocycles. The van der Waals surface area contributed by atoms with Crippen LogP contribution in [0.1, 0.15) is 73.9 Å². The largest absolute Gasteiger partial charge is 0.445 e. The molecule has 0 radical (unpaired) electrons. The number of alkyl carbamates (subject to hydrolysis) is 2. The molecular weight excluding hydrogens is 877 g/mol. The number of aryl methyl sites for hydroxylation is 2. The summed E-state index contributed by atoms with van der Waals surface area (Å²) >= 11 is 1.69. The molecule has 350 valence electrons. The Morgan fingerprint density at radius 2 is 1.12 bits per heavy atom. The standard InChI is InChI=1S/C45H58N8O10S2/c1-27(2)33(49-43(58)60-23-29-15-11-9-12-16-29)39(54)53(40(55)34(28(3)4)50-44(59)61-24-30-17-13-10-14-18-30)32(26-65-42(57)38-48-20-22-52(38)8)36-35(62-45(5,6)63-36)31(46)25-64-41(56)37-47-19-21-51(37)7/h9-22,27-28,31-36H,23-26,46H2,1-8H3,(H,49,58)(H,50,59)/t31-,32-,33-,34-,35+,36+/m0/s1. The number of carbonyl (C=O) groups excluding carboxylic acids is 6. The van der Waals surface area contributed by atoms with E-state index in [1.54, 1.807) is 121 Å². The van der Waals surface area contributed by atoms with E-state index in [0.717, 1.165) is 28.4 Å². The third-order valence-corrected chi connectivity index (χ3v) is 12.4. The zero-order valence-corrected chi connectivity index (χ0v) is 39.4. The fourth-order valence-electron chi connectivity index (χ4n) is 6.99. The summed E-state index contributed by atoms with van der Waals surface area (Å²) in [4.78, 5) is 94.0. The van der Waals surface area contributed by atoms with Crippen LogP contribution >= 0.6 is 23.5 Å². The number of rotatable bonds is 19. The highest BCUT2D eigenvalue weighted by atomic mass is 32.2. The van der Waals surface area contributed by atoms with E-state index < -0.39 is 83.1 Å². The molecule has 1 aliphatic heterocycles. The monoisotopic (exact) mass is 934 g/mol. The molecule has 4 N–H and O–H groups in total. The van der Waals surface area contributed by atoms with Gasteiger partial charge in [-0.15, -0.1) is 0 Å². The highest BCUT2D eigenvalue weighted by Crippen LogP contribution is 2.36. The van der Waals surface area contributed by atoms with Gasteiger partial charge in [-0.3, -0.25) is 24.1 Å². The molecule has 5 rings (SSSR count). The highest BCUT2D eigenvalue weighted by molar-refractivity contribution is 8.14. The summed E-state index contributed by atoms with van der Waals surface area (Å²) in [7, 11) is 3.34. The van der Waals surface area contributed by atoms with Crippen LogP contribution in [-0.4, -0.2) is 112 Å². The highest BCUT2D eigenvalue weighted by Gasteiger charge is 2.53. The van der Waals surface area contributed by atoms with Gasteiger partial charge in [-0.25, -0.2) is 19.6 Å². The first kappa shape index (κ1) is 50.5. The topological polar surface area (TPSA) is 228 Å². The number of carbonyl (C=O) groups is 6. The van der Waals surface area contributed by atoms with Crippen molar-refractivity contribution < 1.29 is 47.7 Å². The molecule has 1 aliphatic rings. The fraction of sp³-hybridized carbons (Fsp3) is 0.467. The van der Waals surface area contributed by atoms with Gasteiger partial charge in [-0.1, -0.05) is 112 Å².